The SMILES string of the molecule is COc1cc2c(NCCC(N)=O)ccnc2cc1OCCCN1CCCC1. The number of pyridine rings is 1. The second-order valence-corrected chi connectivity index (χ2v) is 6.77. The maximum atomic E-state index is 10.9. The van der Waals surface area contributed by atoms with E-state index in [-0.39, 0.29) is 12.3 Å². The Hall–Kier alpha value is -2.54. The second kappa shape index (κ2) is 9.41. The summed E-state index contributed by atoms with van der Waals surface area (Å²) in [6.45, 7) is 4.60. The van der Waals surface area contributed by atoms with Crippen LogP contribution in [0.25, 0.3) is 10.9 Å². The smallest absolute Gasteiger partial charge is 0.219 e. The molecule has 1 saturated heterocycles. The summed E-state index contributed by atoms with van der Waals surface area (Å²) in [5.41, 5.74) is 6.90. The van der Waals surface area contributed by atoms with Crippen LogP contribution in [0.2, 0.25) is 0 Å². The minimum atomic E-state index is -0.331. The summed E-state index contributed by atoms with van der Waals surface area (Å²) in [6, 6.07) is 5.70. The van der Waals surface area contributed by atoms with Crippen LogP contribution in [0.4, 0.5) is 5.69 Å². The number of carbonyl (C=O) groups is 1. The Kier molecular flexibility index (Phi) is 6.70. The first-order chi connectivity index (χ1) is 13.2. The Morgan fingerprint density at radius 3 is 2.85 bits per heavy atom. The van der Waals surface area contributed by atoms with E-state index in [2.05, 4.69) is 15.2 Å². The van der Waals surface area contributed by atoms with Gasteiger partial charge in [0.2, 0.25) is 5.91 Å². The summed E-state index contributed by atoms with van der Waals surface area (Å²) in [6.07, 6.45) is 5.61. The third-order valence-electron chi connectivity index (χ3n) is 4.79. The van der Waals surface area contributed by atoms with E-state index in [0.717, 1.165) is 29.6 Å². The minimum Gasteiger partial charge on any atom is -0.493 e. The van der Waals surface area contributed by atoms with E-state index in [1.165, 1.54) is 25.9 Å². The van der Waals surface area contributed by atoms with Crippen LogP contribution < -0.4 is 20.5 Å². The van der Waals surface area contributed by atoms with Gasteiger partial charge in [0.25, 0.3) is 0 Å². The van der Waals surface area contributed by atoms with Gasteiger partial charge in [0, 0.05) is 42.8 Å². The number of carbonyl (C=O) groups excluding carboxylic acids is 1. The van der Waals surface area contributed by atoms with Crippen molar-refractivity contribution in [2.45, 2.75) is 25.7 Å². The molecule has 2 aromatic rings. The predicted octanol–water partition coefficient (Wildman–Crippen LogP) is 2.40. The number of nitrogens with two attached hydrogens (primary N) is 1. The second-order valence-electron chi connectivity index (χ2n) is 6.77. The quantitative estimate of drug-likeness (QED) is 0.623. The van der Waals surface area contributed by atoms with Crippen molar-refractivity contribution in [2.24, 2.45) is 5.73 Å². The lowest BCUT2D eigenvalue weighted by atomic mass is 10.1. The van der Waals surface area contributed by atoms with Crippen LogP contribution in [0.1, 0.15) is 25.7 Å². The molecule has 27 heavy (non-hydrogen) atoms. The molecular weight excluding hydrogens is 344 g/mol. The van der Waals surface area contributed by atoms with Gasteiger partial charge in [0.15, 0.2) is 11.5 Å². The first-order valence-electron chi connectivity index (χ1n) is 9.51. The third-order valence-corrected chi connectivity index (χ3v) is 4.79. The molecule has 3 rings (SSSR count). The number of likely N-dealkylation sites (tertiary alicyclic amines) is 1. The molecule has 1 aliphatic heterocycles. The molecule has 2 heterocycles. The lowest BCUT2D eigenvalue weighted by molar-refractivity contribution is -0.117. The zero-order chi connectivity index (χ0) is 19.1. The molecule has 0 spiro atoms. The number of amides is 1. The molecule has 0 radical (unpaired) electrons. The average molecular weight is 372 g/mol. The topological polar surface area (TPSA) is 89.7 Å². The first-order valence-corrected chi connectivity index (χ1v) is 9.51. The Bertz CT molecular complexity index is 775. The number of nitrogens with one attached hydrogen (secondary N) is 1. The van der Waals surface area contributed by atoms with Gasteiger partial charge >= 0.3 is 0 Å². The number of primary amides is 1. The number of methoxy groups -OCH3 is 1. The van der Waals surface area contributed by atoms with Gasteiger partial charge in [0.1, 0.15) is 0 Å². The van der Waals surface area contributed by atoms with Crippen LogP contribution in [0.15, 0.2) is 24.4 Å². The molecule has 1 aliphatic rings. The number of benzene rings is 1. The molecule has 7 heteroatoms. The monoisotopic (exact) mass is 372 g/mol. The van der Waals surface area contributed by atoms with Crippen molar-refractivity contribution in [1.29, 1.82) is 0 Å². The number of hydrogen-bond acceptors (Lipinski definition) is 6. The lowest BCUT2D eigenvalue weighted by Gasteiger charge is -2.16. The molecular formula is C20H28N4O3. The van der Waals surface area contributed by atoms with Crippen LogP contribution in [-0.2, 0) is 4.79 Å². The van der Waals surface area contributed by atoms with Gasteiger partial charge in [-0.15, -0.1) is 0 Å². The third kappa shape index (κ3) is 5.23. The summed E-state index contributed by atoms with van der Waals surface area (Å²) in [5.74, 6) is 1.05. The summed E-state index contributed by atoms with van der Waals surface area (Å²) in [7, 11) is 1.63. The number of ether oxygens (including phenoxy) is 2. The van der Waals surface area contributed by atoms with Crippen LogP contribution in [0.5, 0.6) is 11.5 Å². The molecule has 1 amide bonds. The van der Waals surface area contributed by atoms with Gasteiger partial charge in [-0.3, -0.25) is 9.78 Å². The Morgan fingerprint density at radius 1 is 1.30 bits per heavy atom. The van der Waals surface area contributed by atoms with Crippen molar-refractivity contribution < 1.29 is 14.3 Å². The first kappa shape index (κ1) is 19.2. The Balaban J connectivity index is 1.67. The summed E-state index contributed by atoms with van der Waals surface area (Å²) in [4.78, 5) is 17.9. The number of hydrogen-bond donors (Lipinski definition) is 2. The maximum Gasteiger partial charge on any atom is 0.219 e. The number of rotatable bonds is 10. The number of nitrogens with zero attached hydrogens (tertiary/aromatic N) is 2. The number of fused-ring (bicyclic) bond motifs is 1. The van der Waals surface area contributed by atoms with Crippen molar-refractivity contribution >= 4 is 22.5 Å². The number of anilines is 1. The molecule has 7 nitrogen and oxygen atoms in total. The Labute approximate surface area is 159 Å². The highest BCUT2D eigenvalue weighted by atomic mass is 16.5. The molecule has 0 bridgehead atoms. The molecule has 1 fully saturated rings. The minimum absolute atomic E-state index is 0.277. The van der Waals surface area contributed by atoms with Crippen LogP contribution in [0.3, 0.4) is 0 Å². The van der Waals surface area contributed by atoms with Crippen molar-refractivity contribution in [3.05, 3.63) is 24.4 Å². The largest absolute Gasteiger partial charge is 0.493 e. The van der Waals surface area contributed by atoms with Gasteiger partial charge in [0.05, 0.1) is 19.2 Å². The molecule has 1 aromatic carbocycles. The highest BCUT2D eigenvalue weighted by Gasteiger charge is 2.13. The van der Waals surface area contributed by atoms with Crippen LogP contribution in [-0.4, -0.2) is 55.7 Å². The van der Waals surface area contributed by atoms with Crippen molar-refractivity contribution in [3.8, 4) is 11.5 Å². The van der Waals surface area contributed by atoms with E-state index in [1.807, 2.05) is 18.2 Å². The lowest BCUT2D eigenvalue weighted by Crippen LogP contribution is -2.21. The zero-order valence-electron chi connectivity index (χ0n) is 15.9. The van der Waals surface area contributed by atoms with Gasteiger partial charge in [-0.2, -0.15) is 0 Å². The fourth-order valence-corrected chi connectivity index (χ4v) is 3.38. The van der Waals surface area contributed by atoms with Gasteiger partial charge < -0.3 is 25.4 Å². The van der Waals surface area contributed by atoms with Crippen LogP contribution in [0, 0.1) is 0 Å². The molecule has 0 atom stereocenters. The molecule has 0 saturated carbocycles. The Morgan fingerprint density at radius 2 is 2.11 bits per heavy atom. The van der Waals surface area contributed by atoms with Crippen molar-refractivity contribution in [3.63, 3.8) is 0 Å². The molecule has 3 N–H and O–H groups in total. The van der Waals surface area contributed by atoms with E-state index in [0.29, 0.717) is 24.7 Å². The fourth-order valence-electron chi connectivity index (χ4n) is 3.38. The molecule has 146 valence electrons. The van der Waals surface area contributed by atoms with Gasteiger partial charge in [-0.05, 0) is 44.5 Å². The maximum absolute atomic E-state index is 10.9. The zero-order valence-corrected chi connectivity index (χ0v) is 15.9. The summed E-state index contributed by atoms with van der Waals surface area (Å²) >= 11 is 0. The summed E-state index contributed by atoms with van der Waals surface area (Å²) < 4.78 is 11.5. The van der Waals surface area contributed by atoms with Crippen molar-refractivity contribution in [1.82, 2.24) is 9.88 Å². The highest BCUT2D eigenvalue weighted by molar-refractivity contribution is 5.93. The van der Waals surface area contributed by atoms with Crippen LogP contribution >= 0.6 is 0 Å². The average Bonchev–Trinajstić information content (AvgIpc) is 3.18. The van der Waals surface area contributed by atoms with E-state index in [4.69, 9.17) is 15.2 Å². The summed E-state index contributed by atoms with van der Waals surface area (Å²) in [5, 5.41) is 4.15. The predicted molar refractivity (Wildman–Crippen MR) is 106 cm³/mol. The molecule has 0 aliphatic carbocycles. The standard InChI is InChI=1S/C20H28N4O3/c1-26-18-13-15-16(22-8-6-20(21)25)5-7-23-17(15)14-19(18)27-12-4-11-24-9-2-3-10-24/h5,7,13-14H,2-4,6,8-12H2,1H3,(H2,21,25)(H,22,23). The molecule has 0 unspecified atom stereocenters. The van der Waals surface area contributed by atoms with E-state index < -0.39 is 0 Å². The highest BCUT2D eigenvalue weighted by Crippen LogP contribution is 2.34. The van der Waals surface area contributed by atoms with Gasteiger partial charge in [-0.25, -0.2) is 0 Å². The molecule has 1 aromatic heterocycles. The van der Waals surface area contributed by atoms with E-state index in [1.54, 1.807) is 13.3 Å². The van der Waals surface area contributed by atoms with E-state index >= 15 is 0 Å². The number of aromatic nitrogens is 1. The normalized spacial score (nSPS) is 14.4. The van der Waals surface area contributed by atoms with Gasteiger partial charge in [-0.1, -0.05) is 0 Å². The van der Waals surface area contributed by atoms with E-state index in [9.17, 15) is 4.79 Å². The fraction of sp³-hybridized carbons (Fsp3) is 0.500. The van der Waals surface area contributed by atoms with Crippen molar-refractivity contribution in [2.75, 3.05) is 45.2 Å².